The Hall–Kier alpha value is -2.65. The lowest BCUT2D eigenvalue weighted by molar-refractivity contribution is -0.180. The molecule has 0 N–H and O–H groups in total. The van der Waals surface area contributed by atoms with E-state index in [0.29, 0.717) is 0 Å². The quantitative estimate of drug-likeness (QED) is 0.443. The third-order valence-electron chi connectivity index (χ3n) is 3.78. The molecule has 27 heavy (non-hydrogen) atoms. The molecular formula is C17H24O10. The Balaban J connectivity index is 3.26. The molecule has 1 unspecified atom stereocenters. The zero-order valence-corrected chi connectivity index (χ0v) is 15.9. The second-order valence-corrected chi connectivity index (χ2v) is 6.09. The van der Waals surface area contributed by atoms with Gasteiger partial charge in [0.1, 0.15) is 12.2 Å². The molecule has 1 saturated carbocycles. The van der Waals surface area contributed by atoms with Crippen LogP contribution in [0.5, 0.6) is 0 Å². The highest BCUT2D eigenvalue weighted by Gasteiger charge is 2.58. The fourth-order valence-electron chi connectivity index (χ4n) is 3.06. The fraction of sp³-hybridized carbons (Fsp3) is 0.706. The summed E-state index contributed by atoms with van der Waals surface area (Å²) in [6.07, 6.45) is -4.36. The van der Waals surface area contributed by atoms with Gasteiger partial charge in [0, 0.05) is 40.5 Å². The molecule has 0 aliphatic heterocycles. The number of carbonyl (C=O) groups is 5. The number of rotatable bonds is 7. The number of hydrogen-bond acceptors (Lipinski definition) is 10. The predicted octanol–water partition coefficient (Wildman–Crippen LogP) is 0.296. The zero-order valence-electron chi connectivity index (χ0n) is 15.9. The van der Waals surface area contributed by atoms with E-state index in [4.69, 9.17) is 23.7 Å². The predicted molar refractivity (Wildman–Crippen MR) is 87.0 cm³/mol. The van der Waals surface area contributed by atoms with Crippen LogP contribution in [0.25, 0.3) is 0 Å². The van der Waals surface area contributed by atoms with E-state index in [-0.39, 0.29) is 13.0 Å². The largest absolute Gasteiger partial charge is 0.466 e. The molecule has 1 rings (SSSR count). The molecule has 0 amide bonds. The first-order chi connectivity index (χ1) is 12.5. The molecule has 0 aromatic carbocycles. The van der Waals surface area contributed by atoms with Gasteiger partial charge >= 0.3 is 29.8 Å². The van der Waals surface area contributed by atoms with Gasteiger partial charge in [-0.3, -0.25) is 24.0 Å². The molecule has 1 fully saturated rings. The Bertz CT molecular complexity index is 557. The summed E-state index contributed by atoms with van der Waals surface area (Å²) in [5, 5.41) is 0. The zero-order chi connectivity index (χ0) is 20.7. The monoisotopic (exact) mass is 388 g/mol. The third kappa shape index (κ3) is 6.87. The molecule has 0 heterocycles. The fourth-order valence-corrected chi connectivity index (χ4v) is 3.06. The maximum absolute atomic E-state index is 11.6. The molecule has 5 atom stereocenters. The molecule has 10 heteroatoms. The Morgan fingerprint density at radius 2 is 0.889 bits per heavy atom. The second-order valence-electron chi connectivity index (χ2n) is 6.09. The summed E-state index contributed by atoms with van der Waals surface area (Å²) in [5.41, 5.74) is 0. The van der Waals surface area contributed by atoms with Gasteiger partial charge < -0.3 is 23.7 Å². The van der Waals surface area contributed by atoms with Crippen LogP contribution in [0, 0.1) is 5.92 Å². The van der Waals surface area contributed by atoms with Crippen molar-refractivity contribution in [3.63, 3.8) is 0 Å². The van der Waals surface area contributed by atoms with Gasteiger partial charge in [0.05, 0.1) is 6.61 Å². The van der Waals surface area contributed by atoms with E-state index in [1.165, 1.54) is 6.92 Å². The van der Waals surface area contributed by atoms with Gasteiger partial charge in [0.2, 0.25) is 0 Å². The van der Waals surface area contributed by atoms with E-state index in [1.54, 1.807) is 0 Å². The lowest BCUT2D eigenvalue weighted by Gasteiger charge is -2.24. The van der Waals surface area contributed by atoms with Crippen molar-refractivity contribution >= 4 is 29.8 Å². The van der Waals surface area contributed by atoms with Crippen molar-refractivity contribution in [3.05, 3.63) is 0 Å². The molecule has 0 bridgehead atoms. The average molecular weight is 388 g/mol. The summed E-state index contributed by atoms with van der Waals surface area (Å²) in [4.78, 5) is 57.2. The van der Waals surface area contributed by atoms with Crippen LogP contribution in [0.1, 0.15) is 41.0 Å². The second kappa shape index (κ2) is 9.89. The summed E-state index contributed by atoms with van der Waals surface area (Å²) in [5.74, 6) is -3.98. The van der Waals surface area contributed by atoms with Crippen molar-refractivity contribution in [2.75, 3.05) is 6.61 Å². The molecule has 152 valence electrons. The van der Waals surface area contributed by atoms with Crippen LogP contribution in [0.15, 0.2) is 0 Å². The molecule has 0 saturated heterocycles. The van der Waals surface area contributed by atoms with Crippen molar-refractivity contribution in [2.24, 2.45) is 5.92 Å². The van der Waals surface area contributed by atoms with E-state index in [9.17, 15) is 24.0 Å². The van der Waals surface area contributed by atoms with Crippen LogP contribution in [0.4, 0.5) is 0 Å². The third-order valence-corrected chi connectivity index (χ3v) is 3.78. The van der Waals surface area contributed by atoms with Crippen molar-refractivity contribution in [2.45, 2.75) is 65.5 Å². The van der Waals surface area contributed by atoms with Gasteiger partial charge in [-0.05, 0) is 6.42 Å². The minimum Gasteiger partial charge on any atom is -0.466 e. The molecule has 1 aliphatic carbocycles. The van der Waals surface area contributed by atoms with E-state index >= 15 is 0 Å². The Labute approximate surface area is 156 Å². The number of ether oxygens (including phenoxy) is 5. The van der Waals surface area contributed by atoms with Gasteiger partial charge in [-0.15, -0.1) is 0 Å². The molecule has 0 aromatic rings. The molecule has 0 aromatic heterocycles. The van der Waals surface area contributed by atoms with E-state index < -0.39 is 60.2 Å². The highest BCUT2D eigenvalue weighted by atomic mass is 16.6. The van der Waals surface area contributed by atoms with Crippen molar-refractivity contribution in [1.29, 1.82) is 0 Å². The standard InChI is InChI=1S/C17H24O10/c1-8(18)23-7-6-13-14(24-9(2)19)16(26-11(4)21)17(27-12(5)22)15(13)25-10(3)20/h13-17H,6-7H2,1-5H3/t13?,14-,15+,16+,17-. The maximum atomic E-state index is 11.6. The average Bonchev–Trinajstić information content (AvgIpc) is 2.71. The lowest BCUT2D eigenvalue weighted by atomic mass is 9.99. The Morgan fingerprint density at radius 3 is 1.19 bits per heavy atom. The van der Waals surface area contributed by atoms with Crippen molar-refractivity contribution in [1.82, 2.24) is 0 Å². The Kier molecular flexibility index (Phi) is 8.20. The highest BCUT2D eigenvalue weighted by molar-refractivity contribution is 5.69. The van der Waals surface area contributed by atoms with Gasteiger partial charge in [-0.2, -0.15) is 0 Å². The van der Waals surface area contributed by atoms with Gasteiger partial charge in [0.25, 0.3) is 0 Å². The molecule has 0 spiro atoms. The van der Waals surface area contributed by atoms with Gasteiger partial charge in [-0.25, -0.2) is 0 Å². The highest BCUT2D eigenvalue weighted by Crippen LogP contribution is 2.38. The van der Waals surface area contributed by atoms with E-state index in [0.717, 1.165) is 27.7 Å². The van der Waals surface area contributed by atoms with Gasteiger partial charge in [0.15, 0.2) is 12.2 Å². The van der Waals surface area contributed by atoms with Gasteiger partial charge in [-0.1, -0.05) is 0 Å². The summed E-state index contributed by atoms with van der Waals surface area (Å²) in [6.45, 7) is 5.77. The van der Waals surface area contributed by atoms with Crippen LogP contribution in [-0.2, 0) is 47.7 Å². The number of esters is 5. The molecule has 0 radical (unpaired) electrons. The first-order valence-corrected chi connectivity index (χ1v) is 8.35. The topological polar surface area (TPSA) is 132 Å². The molecule has 10 nitrogen and oxygen atoms in total. The van der Waals surface area contributed by atoms with Crippen LogP contribution < -0.4 is 0 Å². The summed E-state index contributed by atoms with van der Waals surface area (Å²) < 4.78 is 25.9. The smallest absolute Gasteiger partial charge is 0.303 e. The summed E-state index contributed by atoms with van der Waals surface area (Å²) >= 11 is 0. The van der Waals surface area contributed by atoms with Crippen molar-refractivity contribution < 1.29 is 47.7 Å². The molecule has 1 aliphatic rings. The number of carbonyl (C=O) groups excluding carboxylic acids is 5. The van der Waals surface area contributed by atoms with Crippen LogP contribution >= 0.6 is 0 Å². The number of hydrogen-bond donors (Lipinski definition) is 0. The van der Waals surface area contributed by atoms with E-state index in [2.05, 4.69) is 0 Å². The molecular weight excluding hydrogens is 364 g/mol. The van der Waals surface area contributed by atoms with Crippen LogP contribution in [0.2, 0.25) is 0 Å². The minimum absolute atomic E-state index is 0.0604. The maximum Gasteiger partial charge on any atom is 0.303 e. The lowest BCUT2D eigenvalue weighted by Crippen LogP contribution is -2.41. The van der Waals surface area contributed by atoms with Crippen LogP contribution in [0.3, 0.4) is 0 Å². The normalized spacial score (nSPS) is 26.6. The minimum atomic E-state index is -1.18. The van der Waals surface area contributed by atoms with Crippen molar-refractivity contribution in [3.8, 4) is 0 Å². The first-order valence-electron chi connectivity index (χ1n) is 8.35. The SMILES string of the molecule is CC(=O)OCCC1[C@@H](OC(C)=O)[C@H](OC(C)=O)[C@H](OC(C)=O)[C@H]1OC(C)=O. The summed E-state index contributed by atoms with van der Waals surface area (Å²) in [6, 6.07) is 0. The first kappa shape index (κ1) is 22.4. The van der Waals surface area contributed by atoms with Crippen LogP contribution in [-0.4, -0.2) is 60.9 Å². The Morgan fingerprint density at radius 1 is 0.556 bits per heavy atom. The van der Waals surface area contributed by atoms with E-state index in [1.807, 2.05) is 0 Å². The summed E-state index contributed by atoms with van der Waals surface area (Å²) in [7, 11) is 0.